The molecule has 0 amide bonds. The molecule has 0 aliphatic heterocycles. The van der Waals surface area contributed by atoms with Crippen molar-refractivity contribution in [3.63, 3.8) is 0 Å². The Kier molecular flexibility index (Phi) is 8.55. The summed E-state index contributed by atoms with van der Waals surface area (Å²) in [5.41, 5.74) is 19.9. The molecule has 2 nitrogen and oxygen atoms in total. The molecule has 0 atom stereocenters. The van der Waals surface area contributed by atoms with Crippen LogP contribution in [0.15, 0.2) is 229 Å². The van der Waals surface area contributed by atoms with Crippen molar-refractivity contribution in [2.45, 2.75) is 19.3 Å². The summed E-state index contributed by atoms with van der Waals surface area (Å²) in [6, 6.07) is 81.6. The highest BCUT2D eigenvalue weighted by atomic mass is 16.3. The summed E-state index contributed by atoms with van der Waals surface area (Å²) < 4.78 is 6.28. The van der Waals surface area contributed by atoms with E-state index in [9.17, 15) is 0 Å². The largest absolute Gasteiger partial charge is 0.456 e. The molecule has 0 saturated carbocycles. The van der Waals surface area contributed by atoms with Gasteiger partial charge >= 0.3 is 0 Å². The monoisotopic (exact) mass is 805 g/mol. The minimum atomic E-state index is -0.187. The van der Waals surface area contributed by atoms with Crippen molar-refractivity contribution in [2.24, 2.45) is 0 Å². The van der Waals surface area contributed by atoms with E-state index < -0.39 is 0 Å². The number of hydrogen-bond acceptors (Lipinski definition) is 2. The van der Waals surface area contributed by atoms with Crippen LogP contribution in [0.25, 0.3) is 88.3 Å². The minimum absolute atomic E-state index is 0.187. The maximum Gasteiger partial charge on any atom is 0.136 e. The second-order valence-electron chi connectivity index (χ2n) is 17.3. The van der Waals surface area contributed by atoms with Crippen LogP contribution in [0.4, 0.5) is 17.1 Å². The first-order valence-corrected chi connectivity index (χ1v) is 21.8. The van der Waals surface area contributed by atoms with E-state index >= 15 is 0 Å². The van der Waals surface area contributed by atoms with Gasteiger partial charge in [-0.1, -0.05) is 178 Å². The maximum atomic E-state index is 6.28. The standard InChI is InChI=1S/C61H43NO/c1-61(2)57-37-44(40-13-5-3-6-14-40)27-34-53(57)54-36-33-48(39-58(54)61)62(46-29-23-41(24-30-46)45-28-35-56-55-17-9-10-22-59(55)63-60(56)38-45)47-31-25-43(26-32-47)50-19-12-20-51-49(18-11-21-52(50)51)42-15-7-4-8-16-42/h3-39H,1-2H3. The van der Waals surface area contributed by atoms with Gasteiger partial charge in [-0.05, 0) is 138 Å². The molecule has 2 heteroatoms. The van der Waals surface area contributed by atoms with Crippen molar-refractivity contribution in [3.8, 4) is 55.6 Å². The molecule has 0 spiro atoms. The summed E-state index contributed by atoms with van der Waals surface area (Å²) in [6.45, 7) is 4.74. The Bertz CT molecular complexity index is 3510. The lowest BCUT2D eigenvalue weighted by Gasteiger charge is -2.28. The summed E-state index contributed by atoms with van der Waals surface area (Å²) in [5, 5.41) is 4.78. The first kappa shape index (κ1) is 36.9. The van der Waals surface area contributed by atoms with Gasteiger partial charge in [0.2, 0.25) is 0 Å². The molecule has 0 N–H and O–H groups in total. The smallest absolute Gasteiger partial charge is 0.136 e. The Morgan fingerprint density at radius 2 is 0.762 bits per heavy atom. The number of nitrogens with zero attached hydrogens (tertiary/aromatic N) is 1. The van der Waals surface area contributed by atoms with E-state index in [4.69, 9.17) is 4.42 Å². The molecule has 0 unspecified atom stereocenters. The van der Waals surface area contributed by atoms with E-state index in [1.165, 1.54) is 66.4 Å². The first-order chi connectivity index (χ1) is 31.0. The Morgan fingerprint density at radius 1 is 0.302 bits per heavy atom. The van der Waals surface area contributed by atoms with Gasteiger partial charge in [0.05, 0.1) is 0 Å². The van der Waals surface area contributed by atoms with Crippen LogP contribution in [0.5, 0.6) is 0 Å². The van der Waals surface area contributed by atoms with Crippen molar-refractivity contribution < 1.29 is 4.42 Å². The molecule has 12 rings (SSSR count). The predicted molar refractivity (Wildman–Crippen MR) is 265 cm³/mol. The van der Waals surface area contributed by atoms with Gasteiger partial charge in [0.25, 0.3) is 0 Å². The molecule has 11 aromatic rings. The number of benzene rings is 10. The lowest BCUT2D eigenvalue weighted by atomic mass is 9.81. The molecular weight excluding hydrogens is 763 g/mol. The Hall–Kier alpha value is -7.94. The van der Waals surface area contributed by atoms with E-state index in [0.717, 1.165) is 50.1 Å². The fourth-order valence-electron chi connectivity index (χ4n) is 10.1. The third-order valence-corrected chi connectivity index (χ3v) is 13.3. The van der Waals surface area contributed by atoms with Crippen molar-refractivity contribution in [1.29, 1.82) is 0 Å². The molecule has 0 bridgehead atoms. The second kappa shape index (κ2) is 14.6. The van der Waals surface area contributed by atoms with Gasteiger partial charge in [-0.2, -0.15) is 0 Å². The molecule has 1 aliphatic rings. The Labute approximate surface area is 368 Å². The zero-order chi connectivity index (χ0) is 42.1. The van der Waals surface area contributed by atoms with Gasteiger partial charge in [-0.3, -0.25) is 0 Å². The van der Waals surface area contributed by atoms with Gasteiger partial charge in [-0.25, -0.2) is 0 Å². The number of rotatable bonds is 7. The summed E-state index contributed by atoms with van der Waals surface area (Å²) in [5.74, 6) is 0. The van der Waals surface area contributed by atoms with Crippen LogP contribution in [-0.2, 0) is 5.41 Å². The summed E-state index contributed by atoms with van der Waals surface area (Å²) in [7, 11) is 0. The molecule has 0 radical (unpaired) electrons. The van der Waals surface area contributed by atoms with Gasteiger partial charge in [0.15, 0.2) is 0 Å². The minimum Gasteiger partial charge on any atom is -0.456 e. The number of hydrogen-bond donors (Lipinski definition) is 0. The predicted octanol–water partition coefficient (Wildman–Crippen LogP) is 17.2. The molecule has 63 heavy (non-hydrogen) atoms. The van der Waals surface area contributed by atoms with E-state index in [-0.39, 0.29) is 5.41 Å². The van der Waals surface area contributed by atoms with Crippen LogP contribution in [-0.4, -0.2) is 0 Å². The first-order valence-electron chi connectivity index (χ1n) is 21.8. The van der Waals surface area contributed by atoms with Gasteiger partial charge in [-0.15, -0.1) is 0 Å². The van der Waals surface area contributed by atoms with Crippen LogP contribution < -0.4 is 4.90 Å². The van der Waals surface area contributed by atoms with E-state index in [1.54, 1.807) is 0 Å². The zero-order valence-corrected chi connectivity index (χ0v) is 35.2. The number of anilines is 3. The quantitative estimate of drug-likeness (QED) is 0.160. The summed E-state index contributed by atoms with van der Waals surface area (Å²) >= 11 is 0. The fourth-order valence-corrected chi connectivity index (χ4v) is 10.1. The molecule has 1 aromatic heterocycles. The van der Waals surface area contributed by atoms with Crippen LogP contribution in [0.2, 0.25) is 0 Å². The van der Waals surface area contributed by atoms with Gasteiger partial charge in [0.1, 0.15) is 11.2 Å². The zero-order valence-electron chi connectivity index (χ0n) is 35.2. The third kappa shape index (κ3) is 6.17. The molecule has 10 aromatic carbocycles. The van der Waals surface area contributed by atoms with E-state index in [1.807, 2.05) is 12.1 Å². The molecular formula is C61H43NO. The average Bonchev–Trinajstić information content (AvgIpc) is 3.83. The van der Waals surface area contributed by atoms with Crippen molar-refractivity contribution >= 4 is 49.8 Å². The molecule has 1 heterocycles. The number of para-hydroxylation sites is 1. The van der Waals surface area contributed by atoms with Crippen molar-refractivity contribution in [3.05, 3.63) is 236 Å². The van der Waals surface area contributed by atoms with E-state index in [0.29, 0.717) is 0 Å². The Morgan fingerprint density at radius 3 is 1.44 bits per heavy atom. The second-order valence-corrected chi connectivity index (χ2v) is 17.3. The number of fused-ring (bicyclic) bond motifs is 7. The van der Waals surface area contributed by atoms with Gasteiger partial charge in [0, 0.05) is 33.2 Å². The normalized spacial score (nSPS) is 12.7. The van der Waals surface area contributed by atoms with Crippen LogP contribution in [0.3, 0.4) is 0 Å². The summed E-state index contributed by atoms with van der Waals surface area (Å²) in [4.78, 5) is 2.40. The van der Waals surface area contributed by atoms with E-state index in [2.05, 4.69) is 231 Å². The average molecular weight is 806 g/mol. The van der Waals surface area contributed by atoms with Crippen molar-refractivity contribution in [1.82, 2.24) is 0 Å². The van der Waals surface area contributed by atoms with Crippen LogP contribution in [0.1, 0.15) is 25.0 Å². The van der Waals surface area contributed by atoms with Crippen molar-refractivity contribution in [2.75, 3.05) is 4.90 Å². The summed E-state index contributed by atoms with van der Waals surface area (Å²) in [6.07, 6.45) is 0. The highest BCUT2D eigenvalue weighted by Gasteiger charge is 2.36. The molecule has 0 fully saturated rings. The lowest BCUT2D eigenvalue weighted by molar-refractivity contribution is 0.660. The molecule has 298 valence electrons. The molecule has 1 aliphatic carbocycles. The maximum absolute atomic E-state index is 6.28. The molecule has 0 saturated heterocycles. The fraction of sp³-hybridized carbons (Fsp3) is 0.0492. The Balaban J connectivity index is 0.950. The SMILES string of the molecule is CC1(C)c2cc(-c3ccccc3)ccc2-c2ccc(N(c3ccc(-c4ccc5c(c4)oc4ccccc45)cc3)c3ccc(-c4cccc5c(-c6ccccc6)cccc45)cc3)cc21. The van der Waals surface area contributed by atoms with Gasteiger partial charge < -0.3 is 9.32 Å². The number of furan rings is 1. The highest BCUT2D eigenvalue weighted by molar-refractivity contribution is 6.06. The highest BCUT2D eigenvalue weighted by Crippen LogP contribution is 2.52. The topological polar surface area (TPSA) is 16.4 Å². The van der Waals surface area contributed by atoms with Crippen LogP contribution >= 0.6 is 0 Å². The lowest BCUT2D eigenvalue weighted by Crippen LogP contribution is -2.16. The third-order valence-electron chi connectivity index (χ3n) is 13.3. The van der Waals surface area contributed by atoms with Crippen LogP contribution in [0, 0.1) is 0 Å².